The first-order valence-corrected chi connectivity index (χ1v) is 4.67. The van der Waals surface area contributed by atoms with Crippen molar-refractivity contribution in [1.29, 1.82) is 0 Å². The number of aliphatic hydroxyl groups is 1. The van der Waals surface area contributed by atoms with Gasteiger partial charge in [-0.15, -0.1) is 0 Å². The Hall–Kier alpha value is -1.55. The van der Waals surface area contributed by atoms with Crippen LogP contribution in [0, 0.1) is 0 Å². The van der Waals surface area contributed by atoms with Gasteiger partial charge in [0.05, 0.1) is 13.2 Å². The molecule has 1 aromatic rings. The second-order valence-electron chi connectivity index (χ2n) is 3.22. The van der Waals surface area contributed by atoms with Gasteiger partial charge < -0.3 is 14.9 Å². The van der Waals surface area contributed by atoms with Crippen molar-refractivity contribution in [2.75, 3.05) is 7.11 Å². The minimum Gasteiger partial charge on any atom is -0.497 e. The monoisotopic (exact) mass is 210 g/mol. The molecule has 0 bridgehead atoms. The van der Waals surface area contributed by atoms with E-state index >= 15 is 0 Å². The number of aliphatic carboxylic acids is 1. The van der Waals surface area contributed by atoms with E-state index in [-0.39, 0.29) is 12.8 Å². The Bertz CT molecular complexity index is 318. The molecule has 4 nitrogen and oxygen atoms in total. The third-order valence-corrected chi connectivity index (χ3v) is 2.13. The average Bonchev–Trinajstić information content (AvgIpc) is 2.26. The molecule has 0 aliphatic heterocycles. The van der Waals surface area contributed by atoms with E-state index in [1.165, 1.54) is 0 Å². The van der Waals surface area contributed by atoms with Gasteiger partial charge in [0.2, 0.25) is 0 Å². The van der Waals surface area contributed by atoms with Crippen molar-refractivity contribution >= 4 is 5.97 Å². The average molecular weight is 210 g/mol. The lowest BCUT2D eigenvalue weighted by atomic mass is 10.1. The molecule has 0 amide bonds. The Morgan fingerprint density at radius 1 is 1.40 bits per heavy atom. The molecule has 0 aliphatic rings. The van der Waals surface area contributed by atoms with E-state index in [1.54, 1.807) is 31.4 Å². The molecule has 4 heteroatoms. The predicted octanol–water partition coefficient (Wildman–Crippen LogP) is 1.59. The SMILES string of the molecule is COc1ccc([C@@H](O)CCC(=O)O)cc1. The Kier molecular flexibility index (Phi) is 4.12. The molecule has 15 heavy (non-hydrogen) atoms. The van der Waals surface area contributed by atoms with Gasteiger partial charge in [-0.1, -0.05) is 12.1 Å². The third kappa shape index (κ3) is 3.59. The van der Waals surface area contributed by atoms with Crippen molar-refractivity contribution in [3.05, 3.63) is 29.8 Å². The van der Waals surface area contributed by atoms with E-state index in [1.807, 2.05) is 0 Å². The van der Waals surface area contributed by atoms with Crippen LogP contribution in [-0.2, 0) is 4.79 Å². The van der Waals surface area contributed by atoms with Gasteiger partial charge in [0.1, 0.15) is 5.75 Å². The molecule has 0 saturated carbocycles. The zero-order valence-corrected chi connectivity index (χ0v) is 8.51. The zero-order valence-electron chi connectivity index (χ0n) is 8.51. The molecule has 2 N–H and O–H groups in total. The molecule has 0 heterocycles. The molecule has 0 saturated heterocycles. The normalized spacial score (nSPS) is 12.1. The Balaban J connectivity index is 2.57. The molecule has 0 radical (unpaired) electrons. The zero-order chi connectivity index (χ0) is 11.3. The third-order valence-electron chi connectivity index (χ3n) is 2.13. The summed E-state index contributed by atoms with van der Waals surface area (Å²) in [6, 6.07) is 6.93. The Labute approximate surface area is 88.1 Å². The molecule has 82 valence electrons. The first-order chi connectivity index (χ1) is 7.13. The summed E-state index contributed by atoms with van der Waals surface area (Å²) in [6.07, 6.45) is -0.540. The van der Waals surface area contributed by atoms with E-state index in [0.717, 1.165) is 0 Å². The van der Waals surface area contributed by atoms with Crippen molar-refractivity contribution in [3.8, 4) is 5.75 Å². The van der Waals surface area contributed by atoms with Crippen LogP contribution in [0.4, 0.5) is 0 Å². The number of ether oxygens (including phenoxy) is 1. The highest BCUT2D eigenvalue weighted by atomic mass is 16.5. The molecule has 1 aromatic carbocycles. The smallest absolute Gasteiger partial charge is 0.303 e. The molecule has 1 rings (SSSR count). The maximum Gasteiger partial charge on any atom is 0.303 e. The van der Waals surface area contributed by atoms with Crippen LogP contribution in [0.15, 0.2) is 24.3 Å². The number of hydrogen-bond donors (Lipinski definition) is 2. The van der Waals surface area contributed by atoms with Crippen LogP contribution in [0.5, 0.6) is 5.75 Å². The number of aliphatic hydroxyl groups excluding tert-OH is 1. The summed E-state index contributed by atoms with van der Waals surface area (Å²) in [6.45, 7) is 0. The van der Waals surface area contributed by atoms with Gasteiger partial charge in [-0.3, -0.25) is 4.79 Å². The summed E-state index contributed by atoms with van der Waals surface area (Å²) >= 11 is 0. The summed E-state index contributed by atoms with van der Waals surface area (Å²) in [7, 11) is 1.57. The fourth-order valence-corrected chi connectivity index (χ4v) is 1.25. The summed E-state index contributed by atoms with van der Waals surface area (Å²) in [5, 5.41) is 18.1. The quantitative estimate of drug-likeness (QED) is 0.774. The lowest BCUT2D eigenvalue weighted by molar-refractivity contribution is -0.137. The fourth-order valence-electron chi connectivity index (χ4n) is 1.25. The summed E-state index contributed by atoms with van der Waals surface area (Å²) in [4.78, 5) is 10.3. The topological polar surface area (TPSA) is 66.8 Å². The summed E-state index contributed by atoms with van der Waals surface area (Å²) in [5.41, 5.74) is 0.706. The van der Waals surface area contributed by atoms with Gasteiger partial charge in [0.15, 0.2) is 0 Å². The lowest BCUT2D eigenvalue weighted by Crippen LogP contribution is -2.02. The van der Waals surface area contributed by atoms with Crippen molar-refractivity contribution < 1.29 is 19.7 Å². The second kappa shape index (κ2) is 5.36. The van der Waals surface area contributed by atoms with Crippen LogP contribution in [0.2, 0.25) is 0 Å². The van der Waals surface area contributed by atoms with Crippen LogP contribution in [0.3, 0.4) is 0 Å². The second-order valence-corrected chi connectivity index (χ2v) is 3.22. The summed E-state index contributed by atoms with van der Waals surface area (Å²) in [5.74, 6) is -0.188. The van der Waals surface area contributed by atoms with Crippen LogP contribution < -0.4 is 4.74 Å². The van der Waals surface area contributed by atoms with Gasteiger partial charge in [-0.05, 0) is 24.1 Å². The predicted molar refractivity (Wildman–Crippen MR) is 54.8 cm³/mol. The van der Waals surface area contributed by atoms with E-state index < -0.39 is 12.1 Å². The minimum absolute atomic E-state index is 0.0345. The molecule has 0 unspecified atom stereocenters. The van der Waals surface area contributed by atoms with E-state index in [9.17, 15) is 9.90 Å². The van der Waals surface area contributed by atoms with Crippen LogP contribution in [0.25, 0.3) is 0 Å². The number of rotatable bonds is 5. The maximum absolute atomic E-state index is 10.3. The number of carbonyl (C=O) groups is 1. The standard InChI is InChI=1S/C11H14O4/c1-15-9-4-2-8(3-5-9)10(12)6-7-11(13)14/h2-5,10,12H,6-7H2,1H3,(H,13,14)/t10-/m0/s1. The lowest BCUT2D eigenvalue weighted by Gasteiger charge is -2.09. The molecule has 0 spiro atoms. The van der Waals surface area contributed by atoms with Gasteiger partial charge in [-0.2, -0.15) is 0 Å². The number of hydrogen-bond acceptors (Lipinski definition) is 3. The molecule has 0 aliphatic carbocycles. The number of carboxylic acids is 1. The van der Waals surface area contributed by atoms with Crippen LogP contribution in [0.1, 0.15) is 24.5 Å². The van der Waals surface area contributed by atoms with Gasteiger partial charge >= 0.3 is 5.97 Å². The van der Waals surface area contributed by atoms with E-state index in [2.05, 4.69) is 0 Å². The molecule has 0 fully saturated rings. The largest absolute Gasteiger partial charge is 0.497 e. The van der Waals surface area contributed by atoms with E-state index in [0.29, 0.717) is 11.3 Å². The highest BCUT2D eigenvalue weighted by molar-refractivity contribution is 5.66. The van der Waals surface area contributed by atoms with Crippen molar-refractivity contribution in [3.63, 3.8) is 0 Å². The van der Waals surface area contributed by atoms with Crippen molar-refractivity contribution in [2.24, 2.45) is 0 Å². The molecule has 0 aromatic heterocycles. The fraction of sp³-hybridized carbons (Fsp3) is 0.364. The van der Waals surface area contributed by atoms with Crippen molar-refractivity contribution in [2.45, 2.75) is 18.9 Å². The number of carboxylic acid groups (broad SMARTS) is 1. The maximum atomic E-state index is 10.3. The molecule has 1 atom stereocenters. The van der Waals surface area contributed by atoms with Gasteiger partial charge in [0.25, 0.3) is 0 Å². The molecular weight excluding hydrogens is 196 g/mol. The Morgan fingerprint density at radius 2 is 2.00 bits per heavy atom. The van der Waals surface area contributed by atoms with Crippen LogP contribution >= 0.6 is 0 Å². The van der Waals surface area contributed by atoms with Gasteiger partial charge in [-0.25, -0.2) is 0 Å². The number of benzene rings is 1. The van der Waals surface area contributed by atoms with E-state index in [4.69, 9.17) is 9.84 Å². The Morgan fingerprint density at radius 3 is 2.47 bits per heavy atom. The van der Waals surface area contributed by atoms with Gasteiger partial charge in [0, 0.05) is 6.42 Å². The highest BCUT2D eigenvalue weighted by Gasteiger charge is 2.09. The molecular formula is C11H14O4. The highest BCUT2D eigenvalue weighted by Crippen LogP contribution is 2.20. The number of methoxy groups -OCH3 is 1. The first-order valence-electron chi connectivity index (χ1n) is 4.67. The first kappa shape index (κ1) is 11.5. The summed E-state index contributed by atoms with van der Waals surface area (Å²) < 4.78 is 4.97. The van der Waals surface area contributed by atoms with Crippen molar-refractivity contribution in [1.82, 2.24) is 0 Å². The minimum atomic E-state index is -0.900. The van der Waals surface area contributed by atoms with Crippen LogP contribution in [-0.4, -0.2) is 23.3 Å².